The zero-order valence-electron chi connectivity index (χ0n) is 10.7. The lowest BCUT2D eigenvalue weighted by atomic mass is 10.1. The molecule has 1 saturated heterocycles. The van der Waals surface area contributed by atoms with Gasteiger partial charge in [0.2, 0.25) is 0 Å². The van der Waals surface area contributed by atoms with Crippen LogP contribution in [0.5, 0.6) is 0 Å². The Bertz CT molecular complexity index is 532. The highest BCUT2D eigenvalue weighted by molar-refractivity contribution is 5.50. The first-order valence-corrected chi connectivity index (χ1v) is 6.54. The fourth-order valence-corrected chi connectivity index (χ4v) is 2.39. The predicted octanol–water partition coefficient (Wildman–Crippen LogP) is 1.48. The van der Waals surface area contributed by atoms with Crippen LogP contribution in [0.25, 0.3) is 0 Å². The molecule has 0 radical (unpaired) electrons. The lowest BCUT2D eigenvalue weighted by Crippen LogP contribution is -2.43. The Kier molecular flexibility index (Phi) is 3.46. The summed E-state index contributed by atoms with van der Waals surface area (Å²) in [5, 5.41) is 7.45. The van der Waals surface area contributed by atoms with Gasteiger partial charge in [0.25, 0.3) is 0 Å². The van der Waals surface area contributed by atoms with Crippen LogP contribution in [0.3, 0.4) is 0 Å². The van der Waals surface area contributed by atoms with E-state index in [1.54, 1.807) is 12.3 Å². The molecular weight excluding hydrogens is 243 g/mol. The van der Waals surface area contributed by atoms with Crippen molar-refractivity contribution in [2.45, 2.75) is 6.54 Å². The Morgan fingerprint density at radius 1 is 1.26 bits per heavy atom. The third-order valence-electron chi connectivity index (χ3n) is 3.37. The van der Waals surface area contributed by atoms with E-state index < -0.39 is 0 Å². The summed E-state index contributed by atoms with van der Waals surface area (Å²) in [6.07, 6.45) is 3.66. The summed E-state index contributed by atoms with van der Waals surface area (Å²) in [6.45, 7) is 4.18. The van der Waals surface area contributed by atoms with Crippen LogP contribution in [0.1, 0.15) is 5.56 Å². The normalized spacial score (nSPS) is 15.7. The molecule has 2 aromatic rings. The standard InChI is InChI=1S/C14H17FN4/c15-13-3-2-12(11-19-7-1-4-17-19)10-14(13)18-8-5-16-6-9-18/h1-4,7,10,16H,5-6,8-9,11H2. The number of nitrogens with zero attached hydrogens (tertiary/aromatic N) is 3. The van der Waals surface area contributed by atoms with Gasteiger partial charge in [-0.1, -0.05) is 6.07 Å². The third kappa shape index (κ3) is 2.76. The number of rotatable bonds is 3. The van der Waals surface area contributed by atoms with Crippen LogP contribution in [0, 0.1) is 5.82 Å². The van der Waals surface area contributed by atoms with Gasteiger partial charge in [0.15, 0.2) is 0 Å². The van der Waals surface area contributed by atoms with Gasteiger partial charge in [0.05, 0.1) is 12.2 Å². The molecule has 0 saturated carbocycles. The zero-order valence-corrected chi connectivity index (χ0v) is 10.7. The van der Waals surface area contributed by atoms with E-state index in [-0.39, 0.29) is 5.82 Å². The highest BCUT2D eigenvalue weighted by Crippen LogP contribution is 2.21. The molecule has 1 aromatic heterocycles. The van der Waals surface area contributed by atoms with E-state index in [1.807, 2.05) is 29.1 Å². The van der Waals surface area contributed by atoms with Crippen molar-refractivity contribution in [3.8, 4) is 0 Å². The predicted molar refractivity (Wildman–Crippen MR) is 72.8 cm³/mol. The van der Waals surface area contributed by atoms with Crippen LogP contribution in [0.2, 0.25) is 0 Å². The highest BCUT2D eigenvalue weighted by Gasteiger charge is 2.14. The molecule has 3 rings (SSSR count). The second-order valence-electron chi connectivity index (χ2n) is 4.73. The molecule has 100 valence electrons. The first kappa shape index (κ1) is 12.2. The topological polar surface area (TPSA) is 33.1 Å². The summed E-state index contributed by atoms with van der Waals surface area (Å²) in [5.74, 6) is -0.147. The number of hydrogen-bond acceptors (Lipinski definition) is 3. The minimum atomic E-state index is -0.147. The van der Waals surface area contributed by atoms with E-state index in [2.05, 4.69) is 15.3 Å². The summed E-state index contributed by atoms with van der Waals surface area (Å²) < 4.78 is 15.8. The molecule has 0 amide bonds. The monoisotopic (exact) mass is 260 g/mol. The van der Waals surface area contributed by atoms with Gasteiger partial charge >= 0.3 is 0 Å². The molecule has 0 spiro atoms. The molecule has 1 fully saturated rings. The summed E-state index contributed by atoms with van der Waals surface area (Å²) in [5.41, 5.74) is 1.77. The van der Waals surface area contributed by atoms with E-state index in [4.69, 9.17) is 0 Å². The smallest absolute Gasteiger partial charge is 0.146 e. The summed E-state index contributed by atoms with van der Waals surface area (Å²) in [4.78, 5) is 2.10. The number of anilines is 1. The molecule has 19 heavy (non-hydrogen) atoms. The summed E-state index contributed by atoms with van der Waals surface area (Å²) in [7, 11) is 0. The van der Waals surface area contributed by atoms with Crippen LogP contribution >= 0.6 is 0 Å². The van der Waals surface area contributed by atoms with Crippen molar-refractivity contribution in [2.24, 2.45) is 0 Å². The van der Waals surface area contributed by atoms with Crippen molar-refractivity contribution in [1.29, 1.82) is 0 Å². The van der Waals surface area contributed by atoms with Gasteiger partial charge in [-0.25, -0.2) is 4.39 Å². The van der Waals surface area contributed by atoms with Gasteiger partial charge < -0.3 is 10.2 Å². The molecule has 1 aliphatic rings. The fourth-order valence-electron chi connectivity index (χ4n) is 2.39. The van der Waals surface area contributed by atoms with Gasteiger partial charge in [-0.05, 0) is 23.8 Å². The number of piperazine rings is 1. The SMILES string of the molecule is Fc1ccc(Cn2cccn2)cc1N1CCNCC1. The maximum absolute atomic E-state index is 13.9. The van der Waals surface area contributed by atoms with Gasteiger partial charge in [0, 0.05) is 38.6 Å². The molecule has 0 atom stereocenters. The average molecular weight is 260 g/mol. The minimum absolute atomic E-state index is 0.147. The molecule has 4 nitrogen and oxygen atoms in total. The quantitative estimate of drug-likeness (QED) is 0.907. The molecule has 1 aromatic carbocycles. The average Bonchev–Trinajstić information content (AvgIpc) is 2.95. The summed E-state index contributed by atoms with van der Waals surface area (Å²) in [6, 6.07) is 7.20. The third-order valence-corrected chi connectivity index (χ3v) is 3.37. The maximum Gasteiger partial charge on any atom is 0.146 e. The largest absolute Gasteiger partial charge is 0.367 e. The summed E-state index contributed by atoms with van der Waals surface area (Å²) >= 11 is 0. The number of benzene rings is 1. The van der Waals surface area contributed by atoms with Crippen molar-refractivity contribution in [3.63, 3.8) is 0 Å². The lowest BCUT2D eigenvalue weighted by molar-refractivity contribution is 0.565. The molecule has 1 aliphatic heterocycles. The van der Waals surface area contributed by atoms with Gasteiger partial charge in [0.1, 0.15) is 5.82 Å². The zero-order chi connectivity index (χ0) is 13.1. The second-order valence-corrected chi connectivity index (χ2v) is 4.73. The van der Waals surface area contributed by atoms with Gasteiger partial charge in [-0.2, -0.15) is 5.10 Å². The number of halogens is 1. The highest BCUT2D eigenvalue weighted by atomic mass is 19.1. The van der Waals surface area contributed by atoms with Crippen molar-refractivity contribution in [3.05, 3.63) is 48.0 Å². The Labute approximate surface area is 111 Å². The maximum atomic E-state index is 13.9. The Morgan fingerprint density at radius 2 is 2.11 bits per heavy atom. The van der Waals surface area contributed by atoms with Crippen LogP contribution in [-0.4, -0.2) is 36.0 Å². The van der Waals surface area contributed by atoms with Crippen molar-refractivity contribution >= 4 is 5.69 Å². The van der Waals surface area contributed by atoms with Crippen LogP contribution in [0.4, 0.5) is 10.1 Å². The van der Waals surface area contributed by atoms with Crippen LogP contribution in [0.15, 0.2) is 36.7 Å². The molecule has 0 unspecified atom stereocenters. The first-order valence-electron chi connectivity index (χ1n) is 6.54. The van der Waals surface area contributed by atoms with Crippen molar-refractivity contribution in [1.82, 2.24) is 15.1 Å². The molecule has 0 bridgehead atoms. The van der Waals surface area contributed by atoms with Gasteiger partial charge in [-0.3, -0.25) is 4.68 Å². The fraction of sp³-hybridized carbons (Fsp3) is 0.357. The Balaban J connectivity index is 1.83. The molecular formula is C14H17FN4. The second kappa shape index (κ2) is 5.40. The minimum Gasteiger partial charge on any atom is -0.367 e. The van der Waals surface area contributed by atoms with Crippen LogP contribution < -0.4 is 10.2 Å². The van der Waals surface area contributed by atoms with E-state index >= 15 is 0 Å². The van der Waals surface area contributed by atoms with E-state index in [1.165, 1.54) is 0 Å². The van der Waals surface area contributed by atoms with Crippen molar-refractivity contribution < 1.29 is 4.39 Å². The van der Waals surface area contributed by atoms with E-state index in [0.29, 0.717) is 12.2 Å². The molecule has 5 heteroatoms. The molecule has 0 aliphatic carbocycles. The first-order chi connectivity index (χ1) is 9.33. The number of hydrogen-bond donors (Lipinski definition) is 1. The van der Waals surface area contributed by atoms with Gasteiger partial charge in [-0.15, -0.1) is 0 Å². The van der Waals surface area contributed by atoms with E-state index in [9.17, 15) is 4.39 Å². The molecule has 2 heterocycles. The lowest BCUT2D eigenvalue weighted by Gasteiger charge is -2.30. The van der Waals surface area contributed by atoms with E-state index in [0.717, 1.165) is 31.7 Å². The number of aromatic nitrogens is 2. The Hall–Kier alpha value is -1.88. The van der Waals surface area contributed by atoms with Crippen molar-refractivity contribution in [2.75, 3.05) is 31.1 Å². The molecule has 1 N–H and O–H groups in total. The Morgan fingerprint density at radius 3 is 2.84 bits per heavy atom. The number of nitrogens with one attached hydrogen (secondary N) is 1. The van der Waals surface area contributed by atoms with Crippen LogP contribution in [-0.2, 0) is 6.54 Å².